The van der Waals surface area contributed by atoms with Gasteiger partial charge in [-0.1, -0.05) is 12.2 Å². The van der Waals surface area contributed by atoms with Crippen LogP contribution in [-0.2, 0) is 9.53 Å². The summed E-state index contributed by atoms with van der Waals surface area (Å²) in [5.41, 5.74) is 0. The van der Waals surface area contributed by atoms with Gasteiger partial charge in [0.15, 0.2) is 0 Å². The van der Waals surface area contributed by atoms with Crippen molar-refractivity contribution in [3.05, 3.63) is 12.2 Å². The summed E-state index contributed by atoms with van der Waals surface area (Å²) in [5, 5.41) is 0.111. The van der Waals surface area contributed by atoms with Crippen molar-refractivity contribution in [2.24, 2.45) is 5.92 Å². The van der Waals surface area contributed by atoms with E-state index >= 15 is 0 Å². The Bertz CT molecular complexity index is 226. The maximum absolute atomic E-state index is 11.1. The first kappa shape index (κ1) is 12.6. The van der Waals surface area contributed by atoms with E-state index in [2.05, 4.69) is 12.2 Å². The highest BCUT2D eigenvalue weighted by Gasteiger charge is 2.20. The molecule has 1 aliphatic carbocycles. The Labute approximate surface area is 96.6 Å². The number of esters is 1. The van der Waals surface area contributed by atoms with Gasteiger partial charge in [0.05, 0.1) is 6.61 Å². The molecule has 0 saturated heterocycles. The first-order valence-electron chi connectivity index (χ1n) is 5.68. The number of ether oxygens (including phenoxy) is 1. The first-order chi connectivity index (χ1) is 7.24. The number of hydrogen-bond donors (Lipinski definition) is 0. The standard InChI is InChI=1S/C12H19ClO2/c1-2-15-12(14)9-8-11(13)10-6-4-3-5-7-10/h3-4,10-11H,2,5-9H2,1H3. The van der Waals surface area contributed by atoms with Crippen molar-refractivity contribution in [3.63, 3.8) is 0 Å². The molecule has 0 aliphatic heterocycles. The van der Waals surface area contributed by atoms with Gasteiger partial charge in [0.1, 0.15) is 0 Å². The molecule has 0 spiro atoms. The molecule has 0 N–H and O–H groups in total. The van der Waals surface area contributed by atoms with Crippen LogP contribution in [0.5, 0.6) is 0 Å². The van der Waals surface area contributed by atoms with Crippen molar-refractivity contribution in [1.82, 2.24) is 0 Å². The normalized spacial score (nSPS) is 22.4. The minimum Gasteiger partial charge on any atom is -0.466 e. The fourth-order valence-corrected chi connectivity index (χ4v) is 2.21. The number of carbonyl (C=O) groups excluding carboxylic acids is 1. The number of rotatable bonds is 5. The molecule has 86 valence electrons. The summed E-state index contributed by atoms with van der Waals surface area (Å²) in [4.78, 5) is 11.1. The molecule has 3 heteroatoms. The molecule has 0 fully saturated rings. The Morgan fingerprint density at radius 3 is 3.00 bits per heavy atom. The lowest BCUT2D eigenvalue weighted by Crippen LogP contribution is -2.18. The van der Waals surface area contributed by atoms with Crippen molar-refractivity contribution in [2.45, 2.75) is 44.4 Å². The Morgan fingerprint density at radius 2 is 2.40 bits per heavy atom. The van der Waals surface area contributed by atoms with Crippen molar-refractivity contribution < 1.29 is 9.53 Å². The van der Waals surface area contributed by atoms with Gasteiger partial charge >= 0.3 is 5.97 Å². The minimum absolute atomic E-state index is 0.111. The monoisotopic (exact) mass is 230 g/mol. The lowest BCUT2D eigenvalue weighted by Gasteiger charge is -2.22. The Kier molecular flexibility index (Phi) is 5.77. The number of allylic oxidation sites excluding steroid dienone is 2. The Balaban J connectivity index is 2.20. The highest BCUT2D eigenvalue weighted by atomic mass is 35.5. The van der Waals surface area contributed by atoms with Crippen LogP contribution in [-0.4, -0.2) is 18.0 Å². The molecular formula is C12H19ClO2. The molecule has 2 nitrogen and oxygen atoms in total. The molecule has 1 rings (SSSR count). The average Bonchev–Trinajstić information content (AvgIpc) is 2.27. The van der Waals surface area contributed by atoms with Crippen LogP contribution in [0.4, 0.5) is 0 Å². The second-order valence-electron chi connectivity index (χ2n) is 3.90. The third-order valence-electron chi connectivity index (χ3n) is 2.75. The topological polar surface area (TPSA) is 26.3 Å². The Hall–Kier alpha value is -0.500. The summed E-state index contributed by atoms with van der Waals surface area (Å²) in [6.45, 7) is 2.28. The van der Waals surface area contributed by atoms with E-state index in [1.165, 1.54) is 0 Å². The van der Waals surface area contributed by atoms with Crippen LogP contribution < -0.4 is 0 Å². The molecular weight excluding hydrogens is 212 g/mol. The third kappa shape index (κ3) is 4.70. The SMILES string of the molecule is CCOC(=O)CCC(Cl)C1CC=CCC1. The van der Waals surface area contributed by atoms with Crippen LogP contribution >= 0.6 is 11.6 Å². The van der Waals surface area contributed by atoms with Gasteiger partial charge in [-0.15, -0.1) is 11.6 Å². The van der Waals surface area contributed by atoms with Crippen LogP contribution in [0.15, 0.2) is 12.2 Å². The van der Waals surface area contributed by atoms with Gasteiger partial charge in [0, 0.05) is 11.8 Å². The largest absolute Gasteiger partial charge is 0.466 e. The molecule has 0 heterocycles. The minimum atomic E-state index is -0.130. The summed E-state index contributed by atoms with van der Waals surface area (Å²) in [7, 11) is 0. The fourth-order valence-electron chi connectivity index (χ4n) is 1.87. The first-order valence-corrected chi connectivity index (χ1v) is 6.12. The maximum atomic E-state index is 11.1. The second kappa shape index (κ2) is 6.89. The van der Waals surface area contributed by atoms with Crippen LogP contribution in [0, 0.1) is 5.92 Å². The van der Waals surface area contributed by atoms with E-state index in [-0.39, 0.29) is 11.3 Å². The van der Waals surface area contributed by atoms with Crippen LogP contribution in [0.25, 0.3) is 0 Å². The fraction of sp³-hybridized carbons (Fsp3) is 0.750. The molecule has 0 saturated carbocycles. The van der Waals surface area contributed by atoms with Crippen molar-refractivity contribution in [2.75, 3.05) is 6.61 Å². The number of hydrogen-bond acceptors (Lipinski definition) is 2. The lowest BCUT2D eigenvalue weighted by molar-refractivity contribution is -0.143. The molecule has 0 aromatic carbocycles. The second-order valence-corrected chi connectivity index (χ2v) is 4.46. The zero-order chi connectivity index (χ0) is 11.1. The molecule has 1 aliphatic rings. The zero-order valence-electron chi connectivity index (χ0n) is 9.25. The molecule has 0 amide bonds. The number of carbonyl (C=O) groups is 1. The van der Waals surface area contributed by atoms with Crippen molar-refractivity contribution >= 4 is 17.6 Å². The van der Waals surface area contributed by atoms with Gasteiger partial charge in [-0.05, 0) is 38.5 Å². The predicted molar refractivity (Wildman–Crippen MR) is 62.0 cm³/mol. The lowest BCUT2D eigenvalue weighted by atomic mass is 9.89. The maximum Gasteiger partial charge on any atom is 0.305 e. The molecule has 0 bridgehead atoms. The van der Waals surface area contributed by atoms with Gasteiger partial charge in [-0.25, -0.2) is 0 Å². The molecule has 2 atom stereocenters. The van der Waals surface area contributed by atoms with Crippen LogP contribution in [0.2, 0.25) is 0 Å². The van der Waals surface area contributed by atoms with E-state index < -0.39 is 0 Å². The number of alkyl halides is 1. The molecule has 0 aromatic heterocycles. The van der Waals surface area contributed by atoms with Crippen molar-refractivity contribution in [1.29, 1.82) is 0 Å². The third-order valence-corrected chi connectivity index (χ3v) is 3.33. The summed E-state index contributed by atoms with van der Waals surface area (Å²) in [5.74, 6) is 0.403. The molecule has 0 radical (unpaired) electrons. The average molecular weight is 231 g/mol. The Morgan fingerprint density at radius 1 is 1.60 bits per heavy atom. The van der Waals surface area contributed by atoms with Crippen LogP contribution in [0.1, 0.15) is 39.0 Å². The van der Waals surface area contributed by atoms with Gasteiger partial charge in [-0.2, -0.15) is 0 Å². The number of halogens is 1. The predicted octanol–water partition coefficient (Wildman–Crippen LogP) is 3.29. The summed E-state index contributed by atoms with van der Waals surface area (Å²) < 4.78 is 4.87. The quantitative estimate of drug-likeness (QED) is 0.412. The van der Waals surface area contributed by atoms with E-state index in [1.807, 2.05) is 6.92 Å². The van der Waals surface area contributed by atoms with Gasteiger partial charge in [0.25, 0.3) is 0 Å². The van der Waals surface area contributed by atoms with E-state index in [0.717, 1.165) is 25.7 Å². The van der Waals surface area contributed by atoms with E-state index in [0.29, 0.717) is 18.9 Å². The molecule has 0 aromatic rings. The van der Waals surface area contributed by atoms with E-state index in [9.17, 15) is 4.79 Å². The summed E-state index contributed by atoms with van der Waals surface area (Å²) >= 11 is 6.26. The zero-order valence-corrected chi connectivity index (χ0v) is 10.0. The highest BCUT2D eigenvalue weighted by molar-refractivity contribution is 6.20. The highest BCUT2D eigenvalue weighted by Crippen LogP contribution is 2.27. The van der Waals surface area contributed by atoms with Gasteiger partial charge in [0.2, 0.25) is 0 Å². The molecule has 15 heavy (non-hydrogen) atoms. The van der Waals surface area contributed by atoms with E-state index in [1.54, 1.807) is 0 Å². The van der Waals surface area contributed by atoms with Crippen LogP contribution in [0.3, 0.4) is 0 Å². The summed E-state index contributed by atoms with van der Waals surface area (Å²) in [6, 6.07) is 0. The molecule has 2 unspecified atom stereocenters. The smallest absolute Gasteiger partial charge is 0.305 e. The summed E-state index contributed by atoms with van der Waals surface area (Å²) in [6.07, 6.45) is 8.89. The van der Waals surface area contributed by atoms with E-state index in [4.69, 9.17) is 16.3 Å². The van der Waals surface area contributed by atoms with Gasteiger partial charge in [-0.3, -0.25) is 4.79 Å². The van der Waals surface area contributed by atoms with Crippen molar-refractivity contribution in [3.8, 4) is 0 Å². The van der Waals surface area contributed by atoms with Gasteiger partial charge < -0.3 is 4.74 Å².